The number of hydrogen-bond donors (Lipinski definition) is 2. The molecule has 1 atom stereocenters. The highest BCUT2D eigenvalue weighted by atomic mass is 79.9. The molecule has 7 heteroatoms. The Kier molecular flexibility index (Phi) is 3.71. The lowest BCUT2D eigenvalue weighted by Gasteiger charge is -2.12. The lowest BCUT2D eigenvalue weighted by atomic mass is 10.2. The molecule has 1 aromatic rings. The molecule has 2 rings (SSSR count). The Balaban J connectivity index is 2.06. The van der Waals surface area contributed by atoms with Crippen LogP contribution in [0.15, 0.2) is 22.7 Å². The highest BCUT2D eigenvalue weighted by Crippen LogP contribution is 2.24. The van der Waals surface area contributed by atoms with E-state index in [0.717, 1.165) is 0 Å². The Hall–Kier alpha value is -1.76. The van der Waals surface area contributed by atoms with Crippen LogP contribution in [-0.4, -0.2) is 36.4 Å². The normalized spacial score (nSPS) is 18.1. The topological polar surface area (TPSA) is 84.9 Å². The molecule has 0 radical (unpaired) electrons. The average molecular weight is 316 g/mol. The minimum absolute atomic E-state index is 0.0653. The standard InChI is InChI=1S/C11H10BrNO5/c12-6-1-2-8(10(14)15)9(3-6)17-5-7-4-13-11(16)18-7/h1-3,7H,4-5H2,(H,13,16)(H,14,15). The van der Waals surface area contributed by atoms with Gasteiger partial charge in [-0.25, -0.2) is 9.59 Å². The van der Waals surface area contributed by atoms with E-state index in [1.807, 2.05) is 0 Å². The zero-order chi connectivity index (χ0) is 13.1. The number of amides is 1. The monoisotopic (exact) mass is 315 g/mol. The lowest BCUT2D eigenvalue weighted by molar-refractivity contribution is 0.0684. The van der Waals surface area contributed by atoms with E-state index in [9.17, 15) is 9.59 Å². The number of carbonyl (C=O) groups is 2. The first-order chi connectivity index (χ1) is 8.56. The van der Waals surface area contributed by atoms with Gasteiger partial charge in [0.15, 0.2) is 6.10 Å². The molecule has 1 amide bonds. The maximum atomic E-state index is 11.0. The van der Waals surface area contributed by atoms with Gasteiger partial charge in [0.1, 0.15) is 17.9 Å². The predicted octanol–water partition coefficient (Wildman–Crippen LogP) is 1.63. The highest BCUT2D eigenvalue weighted by molar-refractivity contribution is 9.10. The van der Waals surface area contributed by atoms with Crippen molar-refractivity contribution in [2.75, 3.05) is 13.2 Å². The summed E-state index contributed by atoms with van der Waals surface area (Å²) in [7, 11) is 0. The number of carboxylic acid groups (broad SMARTS) is 1. The van der Waals surface area contributed by atoms with Crippen LogP contribution in [0.3, 0.4) is 0 Å². The number of benzene rings is 1. The minimum Gasteiger partial charge on any atom is -0.489 e. The lowest BCUT2D eigenvalue weighted by Crippen LogP contribution is -2.22. The molecule has 1 heterocycles. The first-order valence-corrected chi connectivity index (χ1v) is 5.95. The van der Waals surface area contributed by atoms with Gasteiger partial charge in [-0.1, -0.05) is 15.9 Å². The SMILES string of the molecule is O=C1NCC(COc2cc(Br)ccc2C(=O)O)O1. The Morgan fingerprint density at radius 3 is 3.00 bits per heavy atom. The summed E-state index contributed by atoms with van der Waals surface area (Å²) in [6, 6.07) is 4.63. The molecule has 0 aromatic heterocycles. The van der Waals surface area contributed by atoms with Gasteiger partial charge in [-0.2, -0.15) is 0 Å². The van der Waals surface area contributed by atoms with Crippen molar-refractivity contribution in [1.82, 2.24) is 5.32 Å². The zero-order valence-corrected chi connectivity index (χ0v) is 10.8. The van der Waals surface area contributed by atoms with Crippen molar-refractivity contribution in [2.24, 2.45) is 0 Å². The van der Waals surface area contributed by atoms with Crippen molar-refractivity contribution >= 4 is 28.0 Å². The van der Waals surface area contributed by atoms with Crippen LogP contribution in [0.1, 0.15) is 10.4 Å². The third-order valence-electron chi connectivity index (χ3n) is 2.35. The molecule has 1 saturated heterocycles. The van der Waals surface area contributed by atoms with Gasteiger partial charge in [0, 0.05) is 4.47 Å². The zero-order valence-electron chi connectivity index (χ0n) is 9.18. The summed E-state index contributed by atoms with van der Waals surface area (Å²) in [6.45, 7) is 0.463. The first kappa shape index (κ1) is 12.7. The van der Waals surface area contributed by atoms with Crippen molar-refractivity contribution in [2.45, 2.75) is 6.10 Å². The number of cyclic esters (lactones) is 1. The molecule has 18 heavy (non-hydrogen) atoms. The molecule has 6 nitrogen and oxygen atoms in total. The summed E-state index contributed by atoms with van der Waals surface area (Å²) in [5, 5.41) is 11.5. The molecule has 0 saturated carbocycles. The van der Waals surface area contributed by atoms with Crippen LogP contribution >= 0.6 is 15.9 Å². The van der Waals surface area contributed by atoms with Crippen LogP contribution in [0, 0.1) is 0 Å². The molecule has 96 valence electrons. The summed E-state index contributed by atoms with van der Waals surface area (Å²) in [5.41, 5.74) is 0.0653. The van der Waals surface area contributed by atoms with Gasteiger partial charge in [0.25, 0.3) is 0 Å². The Bertz CT molecular complexity index is 490. The fourth-order valence-corrected chi connectivity index (χ4v) is 1.84. The van der Waals surface area contributed by atoms with Gasteiger partial charge in [0.05, 0.1) is 6.54 Å². The summed E-state index contributed by atoms with van der Waals surface area (Å²) in [4.78, 5) is 21.8. The van der Waals surface area contributed by atoms with Crippen LogP contribution in [0.25, 0.3) is 0 Å². The number of carbonyl (C=O) groups excluding carboxylic acids is 1. The second kappa shape index (κ2) is 5.26. The highest BCUT2D eigenvalue weighted by Gasteiger charge is 2.23. The number of alkyl carbamates (subject to hydrolysis) is 1. The van der Waals surface area contributed by atoms with Crippen LogP contribution < -0.4 is 10.1 Å². The Morgan fingerprint density at radius 1 is 1.61 bits per heavy atom. The second-order valence-electron chi connectivity index (χ2n) is 3.66. The number of rotatable bonds is 4. The van der Waals surface area contributed by atoms with Gasteiger partial charge in [-0.3, -0.25) is 0 Å². The fourth-order valence-electron chi connectivity index (χ4n) is 1.50. The molecular weight excluding hydrogens is 306 g/mol. The predicted molar refractivity (Wildman–Crippen MR) is 64.9 cm³/mol. The fraction of sp³-hybridized carbons (Fsp3) is 0.273. The molecule has 1 aromatic carbocycles. The number of hydrogen-bond acceptors (Lipinski definition) is 4. The molecule has 2 N–H and O–H groups in total. The Labute approximate surface area is 111 Å². The average Bonchev–Trinajstić information content (AvgIpc) is 2.72. The van der Waals surface area contributed by atoms with E-state index in [4.69, 9.17) is 14.6 Å². The van der Waals surface area contributed by atoms with Crippen molar-refractivity contribution in [3.05, 3.63) is 28.2 Å². The Morgan fingerprint density at radius 2 is 2.39 bits per heavy atom. The number of halogens is 1. The van der Waals surface area contributed by atoms with E-state index in [2.05, 4.69) is 21.2 Å². The smallest absolute Gasteiger partial charge is 0.407 e. The van der Waals surface area contributed by atoms with Gasteiger partial charge in [-0.15, -0.1) is 0 Å². The van der Waals surface area contributed by atoms with Gasteiger partial charge in [0.2, 0.25) is 0 Å². The molecule has 0 spiro atoms. The maximum absolute atomic E-state index is 11.0. The molecule has 1 fully saturated rings. The van der Waals surface area contributed by atoms with Crippen LogP contribution in [0.4, 0.5) is 4.79 Å². The summed E-state index contributed by atoms with van der Waals surface area (Å²) in [6.07, 6.45) is -0.894. The minimum atomic E-state index is -1.07. The van der Waals surface area contributed by atoms with Crippen LogP contribution in [-0.2, 0) is 4.74 Å². The summed E-state index contributed by atoms with van der Waals surface area (Å²) in [5.74, 6) is -0.834. The number of nitrogens with one attached hydrogen (secondary N) is 1. The molecule has 1 aliphatic heterocycles. The molecule has 1 aliphatic rings. The maximum Gasteiger partial charge on any atom is 0.407 e. The van der Waals surface area contributed by atoms with E-state index >= 15 is 0 Å². The van der Waals surface area contributed by atoms with Crippen LogP contribution in [0.2, 0.25) is 0 Å². The van der Waals surface area contributed by atoms with Gasteiger partial charge >= 0.3 is 12.1 Å². The third kappa shape index (κ3) is 2.92. The van der Waals surface area contributed by atoms with E-state index in [0.29, 0.717) is 11.0 Å². The molecule has 0 aliphatic carbocycles. The van der Waals surface area contributed by atoms with Crippen molar-refractivity contribution in [1.29, 1.82) is 0 Å². The van der Waals surface area contributed by atoms with Gasteiger partial charge in [-0.05, 0) is 18.2 Å². The number of carboxylic acids is 1. The molecular formula is C11H10BrNO5. The summed E-state index contributed by atoms with van der Waals surface area (Å²) >= 11 is 3.24. The van der Waals surface area contributed by atoms with E-state index in [1.54, 1.807) is 12.1 Å². The van der Waals surface area contributed by atoms with Crippen molar-refractivity contribution < 1.29 is 24.2 Å². The number of aromatic carboxylic acids is 1. The van der Waals surface area contributed by atoms with E-state index < -0.39 is 18.2 Å². The first-order valence-electron chi connectivity index (χ1n) is 5.16. The van der Waals surface area contributed by atoms with Crippen molar-refractivity contribution in [3.63, 3.8) is 0 Å². The largest absolute Gasteiger partial charge is 0.489 e. The quantitative estimate of drug-likeness (QED) is 0.882. The van der Waals surface area contributed by atoms with Crippen molar-refractivity contribution in [3.8, 4) is 5.75 Å². The van der Waals surface area contributed by atoms with E-state index in [1.165, 1.54) is 6.07 Å². The van der Waals surface area contributed by atoms with E-state index in [-0.39, 0.29) is 17.9 Å². The molecule has 0 bridgehead atoms. The summed E-state index contributed by atoms with van der Waals surface area (Å²) < 4.78 is 11.0. The van der Waals surface area contributed by atoms with Gasteiger partial charge < -0.3 is 19.9 Å². The second-order valence-corrected chi connectivity index (χ2v) is 4.58. The molecule has 1 unspecified atom stereocenters. The number of ether oxygens (including phenoxy) is 2. The van der Waals surface area contributed by atoms with Crippen LogP contribution in [0.5, 0.6) is 5.75 Å². The third-order valence-corrected chi connectivity index (χ3v) is 2.84.